The van der Waals surface area contributed by atoms with Crippen molar-refractivity contribution in [1.29, 1.82) is 0 Å². The van der Waals surface area contributed by atoms with Crippen molar-refractivity contribution in [1.82, 2.24) is 25.2 Å². The van der Waals surface area contributed by atoms with Gasteiger partial charge in [0.1, 0.15) is 5.69 Å². The Morgan fingerprint density at radius 2 is 1.85 bits per heavy atom. The first-order valence-electron chi connectivity index (χ1n) is 12.9. The van der Waals surface area contributed by atoms with Gasteiger partial charge >= 0.3 is 0 Å². The van der Waals surface area contributed by atoms with E-state index in [-0.39, 0.29) is 11.3 Å². The lowest BCUT2D eigenvalue weighted by Crippen LogP contribution is -2.58. The lowest BCUT2D eigenvalue weighted by Gasteiger charge is -2.49. The van der Waals surface area contributed by atoms with Crippen LogP contribution in [0.15, 0.2) is 30.5 Å². The van der Waals surface area contributed by atoms with Crippen LogP contribution in [0.25, 0.3) is 11.3 Å². The van der Waals surface area contributed by atoms with Gasteiger partial charge in [-0.15, -0.1) is 5.10 Å². The molecule has 178 valence electrons. The van der Waals surface area contributed by atoms with Crippen molar-refractivity contribution in [2.75, 3.05) is 13.1 Å². The van der Waals surface area contributed by atoms with Crippen molar-refractivity contribution in [3.63, 3.8) is 0 Å². The van der Waals surface area contributed by atoms with Gasteiger partial charge in [-0.3, -0.25) is 14.4 Å². The second-order valence-electron chi connectivity index (χ2n) is 11.5. The van der Waals surface area contributed by atoms with Crippen molar-refractivity contribution in [3.8, 4) is 11.3 Å². The molecule has 0 spiro atoms. The summed E-state index contributed by atoms with van der Waals surface area (Å²) in [6.07, 6.45) is 10.4. The Labute approximate surface area is 198 Å². The van der Waals surface area contributed by atoms with Crippen molar-refractivity contribution in [3.05, 3.63) is 36.0 Å². The predicted octanol–water partition coefficient (Wildman–Crippen LogP) is 4.40. The van der Waals surface area contributed by atoms with Crippen LogP contribution in [0.3, 0.4) is 0 Å². The zero-order valence-corrected chi connectivity index (χ0v) is 20.5. The monoisotopic (exact) mass is 449 g/mol. The fraction of sp³-hybridized carbons (Fsp3) is 0.667. The molecule has 1 aromatic carbocycles. The van der Waals surface area contributed by atoms with E-state index in [0.29, 0.717) is 23.9 Å². The third-order valence-corrected chi connectivity index (χ3v) is 8.15. The third-order valence-electron chi connectivity index (χ3n) is 8.15. The molecule has 1 aliphatic carbocycles. The van der Waals surface area contributed by atoms with Crippen LogP contribution in [0.5, 0.6) is 0 Å². The molecule has 3 aliphatic heterocycles. The maximum Gasteiger partial charge on any atom is 0.224 e. The number of nitrogens with zero attached hydrogens (tertiary/aromatic N) is 4. The number of aromatic nitrogens is 3. The standard InChI is InChI=1S/C27H39N5O/c1-27(2,3)21-11-9-19(10-12-21)25-18-32(30-29-25)16-23-15-20-13-14-31(23)17-24(20)26(33)28-22-7-5-4-6-8-22/h9-12,18,20,22-24H,4-8,13-17H2,1-3H3,(H,28,33)/t20-,23+,24-/m0/s1. The number of carbonyl (C=O) groups excluding carboxylic acids is 1. The quantitative estimate of drug-likeness (QED) is 0.735. The van der Waals surface area contributed by atoms with Gasteiger partial charge in [-0.2, -0.15) is 0 Å². The fourth-order valence-corrected chi connectivity index (χ4v) is 6.06. The molecule has 0 radical (unpaired) electrons. The van der Waals surface area contributed by atoms with Gasteiger partial charge in [0.25, 0.3) is 0 Å². The molecule has 33 heavy (non-hydrogen) atoms. The lowest BCUT2D eigenvalue weighted by atomic mass is 9.75. The van der Waals surface area contributed by atoms with Crippen molar-refractivity contribution in [2.45, 2.75) is 89.8 Å². The molecule has 4 atom stereocenters. The van der Waals surface area contributed by atoms with E-state index in [2.05, 4.69) is 71.8 Å². The summed E-state index contributed by atoms with van der Waals surface area (Å²) in [7, 11) is 0. The summed E-state index contributed by atoms with van der Waals surface area (Å²) in [4.78, 5) is 15.5. The molecule has 1 amide bonds. The Hall–Kier alpha value is -2.21. The van der Waals surface area contributed by atoms with Gasteiger partial charge in [0, 0.05) is 24.2 Å². The molecule has 1 unspecified atom stereocenters. The molecule has 3 saturated heterocycles. The van der Waals surface area contributed by atoms with Gasteiger partial charge in [-0.1, -0.05) is 69.5 Å². The highest BCUT2D eigenvalue weighted by Crippen LogP contribution is 2.37. The molecule has 4 aliphatic rings. The minimum atomic E-state index is 0.149. The number of amides is 1. The van der Waals surface area contributed by atoms with Gasteiger partial charge in [0.05, 0.1) is 18.7 Å². The van der Waals surface area contributed by atoms with Crippen LogP contribution < -0.4 is 5.32 Å². The molecule has 6 nitrogen and oxygen atoms in total. The first kappa shape index (κ1) is 22.6. The Bertz CT molecular complexity index is 954. The number of hydrogen-bond acceptors (Lipinski definition) is 4. The molecule has 1 saturated carbocycles. The van der Waals surface area contributed by atoms with E-state index in [1.54, 1.807) is 0 Å². The largest absolute Gasteiger partial charge is 0.353 e. The van der Waals surface area contributed by atoms with Gasteiger partial charge in [-0.05, 0) is 49.1 Å². The zero-order chi connectivity index (χ0) is 23.0. The number of rotatable bonds is 5. The normalized spacial score (nSPS) is 28.1. The van der Waals surface area contributed by atoms with Crippen LogP contribution >= 0.6 is 0 Å². The van der Waals surface area contributed by atoms with Crippen molar-refractivity contribution in [2.24, 2.45) is 11.8 Å². The minimum Gasteiger partial charge on any atom is -0.353 e. The van der Waals surface area contributed by atoms with Gasteiger partial charge in [-0.25, -0.2) is 0 Å². The first-order chi connectivity index (χ1) is 15.9. The Morgan fingerprint density at radius 1 is 1.09 bits per heavy atom. The maximum absolute atomic E-state index is 13.0. The summed E-state index contributed by atoms with van der Waals surface area (Å²) >= 11 is 0. The van der Waals surface area contributed by atoms with Crippen molar-refractivity contribution >= 4 is 5.91 Å². The maximum atomic E-state index is 13.0. The van der Waals surface area contributed by atoms with Crippen LogP contribution in [-0.2, 0) is 16.8 Å². The van der Waals surface area contributed by atoms with E-state index >= 15 is 0 Å². The molecule has 2 bridgehead atoms. The average molecular weight is 450 g/mol. The Morgan fingerprint density at radius 3 is 2.52 bits per heavy atom. The van der Waals surface area contributed by atoms with Gasteiger partial charge in [0.2, 0.25) is 5.91 Å². The summed E-state index contributed by atoms with van der Waals surface area (Å²) in [6.45, 7) is 9.53. The summed E-state index contributed by atoms with van der Waals surface area (Å²) in [5, 5.41) is 12.3. The summed E-state index contributed by atoms with van der Waals surface area (Å²) in [5.74, 6) is 0.956. The number of piperidine rings is 3. The number of hydrogen-bond donors (Lipinski definition) is 1. The number of nitrogens with one attached hydrogen (secondary N) is 1. The molecule has 4 heterocycles. The SMILES string of the molecule is CC(C)(C)c1ccc(-c2cn(C[C@H]3C[C@@H]4CCN3C[C@@H]4C(=O)NC3CCCCC3)nn2)cc1. The van der Waals surface area contributed by atoms with Gasteiger partial charge < -0.3 is 5.32 Å². The summed E-state index contributed by atoms with van der Waals surface area (Å²) in [5.41, 5.74) is 3.51. The number of benzene rings is 1. The fourth-order valence-electron chi connectivity index (χ4n) is 6.06. The number of carbonyl (C=O) groups is 1. The van der Waals surface area contributed by atoms with Crippen LogP contribution in [0.4, 0.5) is 0 Å². The smallest absolute Gasteiger partial charge is 0.224 e. The van der Waals surface area contributed by atoms with Crippen molar-refractivity contribution < 1.29 is 4.79 Å². The molecular formula is C27H39N5O. The highest BCUT2D eigenvalue weighted by Gasteiger charge is 2.43. The summed E-state index contributed by atoms with van der Waals surface area (Å²) < 4.78 is 2.00. The van der Waals surface area contributed by atoms with Crippen LogP contribution in [-0.4, -0.2) is 51.0 Å². The highest BCUT2D eigenvalue weighted by molar-refractivity contribution is 5.79. The van der Waals surface area contributed by atoms with E-state index in [0.717, 1.165) is 56.6 Å². The Balaban J connectivity index is 1.19. The molecule has 4 fully saturated rings. The average Bonchev–Trinajstić information content (AvgIpc) is 3.28. The third kappa shape index (κ3) is 5.01. The van der Waals surface area contributed by atoms with E-state index < -0.39 is 0 Å². The molecule has 1 N–H and O–H groups in total. The number of fused-ring (bicyclic) bond motifs is 3. The zero-order valence-electron chi connectivity index (χ0n) is 20.5. The molecule has 1 aromatic heterocycles. The molecular weight excluding hydrogens is 410 g/mol. The molecule has 2 aromatic rings. The second kappa shape index (κ2) is 9.21. The van der Waals surface area contributed by atoms with Crippen LogP contribution in [0.1, 0.15) is 71.3 Å². The lowest BCUT2D eigenvalue weighted by molar-refractivity contribution is -0.134. The highest BCUT2D eigenvalue weighted by atomic mass is 16.2. The van der Waals surface area contributed by atoms with E-state index in [1.807, 2.05) is 4.68 Å². The van der Waals surface area contributed by atoms with Gasteiger partial charge in [0.15, 0.2) is 0 Å². The minimum absolute atomic E-state index is 0.149. The summed E-state index contributed by atoms with van der Waals surface area (Å²) in [6, 6.07) is 9.54. The molecule has 6 heteroatoms. The van der Waals surface area contributed by atoms with Crippen LogP contribution in [0.2, 0.25) is 0 Å². The van der Waals surface area contributed by atoms with E-state index in [4.69, 9.17) is 0 Å². The Kier molecular flexibility index (Phi) is 6.30. The topological polar surface area (TPSA) is 63.1 Å². The second-order valence-corrected chi connectivity index (χ2v) is 11.5. The van der Waals surface area contributed by atoms with Crippen LogP contribution in [0, 0.1) is 11.8 Å². The van der Waals surface area contributed by atoms with E-state index in [9.17, 15) is 4.79 Å². The molecule has 6 rings (SSSR count). The predicted molar refractivity (Wildman–Crippen MR) is 131 cm³/mol. The van der Waals surface area contributed by atoms with E-state index in [1.165, 1.54) is 24.8 Å². The first-order valence-corrected chi connectivity index (χ1v) is 12.9.